The van der Waals surface area contributed by atoms with E-state index >= 15 is 0 Å². The molecule has 3 rings (SSSR count). The van der Waals surface area contributed by atoms with Crippen molar-refractivity contribution in [1.29, 1.82) is 0 Å². The Bertz CT molecular complexity index is 950. The van der Waals surface area contributed by atoms with E-state index in [1.807, 2.05) is 13.0 Å². The molecule has 0 radical (unpaired) electrons. The zero-order valence-corrected chi connectivity index (χ0v) is 16.6. The lowest BCUT2D eigenvalue weighted by molar-refractivity contribution is -0.127. The fraction of sp³-hybridized carbons (Fsp3) is 0.300. The van der Waals surface area contributed by atoms with Gasteiger partial charge in [-0.1, -0.05) is 18.7 Å². The largest absolute Gasteiger partial charge is 0.492 e. The number of ether oxygens (including phenoxy) is 1. The molecule has 0 N–H and O–H groups in total. The second-order valence-corrected chi connectivity index (χ2v) is 8.24. The summed E-state index contributed by atoms with van der Waals surface area (Å²) < 4.78 is 32.6. The summed E-state index contributed by atoms with van der Waals surface area (Å²) in [5.41, 5.74) is 1.71. The zero-order valence-electron chi connectivity index (χ0n) is 15.7. The molecule has 0 saturated carbocycles. The molecule has 0 spiro atoms. The summed E-state index contributed by atoms with van der Waals surface area (Å²) in [4.78, 5) is 17.6. The third kappa shape index (κ3) is 4.23. The summed E-state index contributed by atoms with van der Waals surface area (Å²) in [5.74, 6) is 0.493. The molecule has 2 aromatic rings. The lowest BCUT2D eigenvalue weighted by atomic mass is 10.1. The van der Waals surface area contributed by atoms with Crippen LogP contribution in [0, 0.1) is 0 Å². The van der Waals surface area contributed by atoms with Gasteiger partial charge < -0.3 is 9.64 Å². The topological polar surface area (TPSA) is 79.8 Å². The minimum Gasteiger partial charge on any atom is -0.492 e. The van der Waals surface area contributed by atoms with Crippen LogP contribution in [0.3, 0.4) is 0 Å². The van der Waals surface area contributed by atoms with E-state index in [0.717, 1.165) is 11.1 Å². The number of rotatable bonds is 6. The van der Waals surface area contributed by atoms with Crippen molar-refractivity contribution >= 4 is 15.9 Å². The molecule has 8 heteroatoms. The summed E-state index contributed by atoms with van der Waals surface area (Å²) in [7, 11) is -3.60. The molecular weight excluding hydrogens is 378 g/mol. The molecule has 1 aliphatic rings. The number of aromatic nitrogens is 1. The molecule has 1 fully saturated rings. The first-order valence-electron chi connectivity index (χ1n) is 9.05. The Hall–Kier alpha value is -2.71. The third-order valence-electron chi connectivity index (χ3n) is 4.57. The van der Waals surface area contributed by atoms with Gasteiger partial charge in [0.1, 0.15) is 5.75 Å². The lowest BCUT2D eigenvalue weighted by Crippen LogP contribution is -2.50. The molecule has 1 aliphatic heterocycles. The molecule has 0 atom stereocenters. The number of nitrogens with zero attached hydrogens (tertiary/aromatic N) is 3. The highest BCUT2D eigenvalue weighted by Crippen LogP contribution is 2.25. The molecule has 1 saturated heterocycles. The average molecular weight is 401 g/mol. The molecule has 0 unspecified atom stereocenters. The van der Waals surface area contributed by atoms with E-state index in [0.29, 0.717) is 25.4 Å². The van der Waals surface area contributed by atoms with Crippen molar-refractivity contribution in [3.8, 4) is 16.9 Å². The van der Waals surface area contributed by atoms with Gasteiger partial charge in [0.2, 0.25) is 15.9 Å². The van der Waals surface area contributed by atoms with Crippen molar-refractivity contribution in [3.05, 3.63) is 55.4 Å². The Morgan fingerprint density at radius 1 is 1.14 bits per heavy atom. The second kappa shape index (κ2) is 8.53. The minimum atomic E-state index is -3.60. The van der Waals surface area contributed by atoms with Crippen LogP contribution in [-0.2, 0) is 14.8 Å². The van der Waals surface area contributed by atoms with E-state index in [4.69, 9.17) is 4.74 Å². The maximum atomic E-state index is 12.9. The monoisotopic (exact) mass is 401 g/mol. The van der Waals surface area contributed by atoms with Crippen LogP contribution >= 0.6 is 0 Å². The predicted molar refractivity (Wildman–Crippen MR) is 106 cm³/mol. The van der Waals surface area contributed by atoms with Gasteiger partial charge in [0.15, 0.2) is 0 Å². The van der Waals surface area contributed by atoms with Crippen LogP contribution in [0.25, 0.3) is 11.1 Å². The number of pyridine rings is 1. The van der Waals surface area contributed by atoms with E-state index in [2.05, 4.69) is 11.6 Å². The quantitative estimate of drug-likeness (QED) is 0.693. The van der Waals surface area contributed by atoms with E-state index in [1.54, 1.807) is 41.6 Å². The molecule has 1 aromatic carbocycles. The van der Waals surface area contributed by atoms with Crippen LogP contribution in [-0.4, -0.2) is 61.3 Å². The van der Waals surface area contributed by atoms with Gasteiger partial charge in [-0.3, -0.25) is 9.78 Å². The Morgan fingerprint density at radius 3 is 2.43 bits per heavy atom. The SMILES string of the molecule is C=CC(=O)N1CCN(S(=O)(=O)c2ccc(-c3cncc(OCC)c3)cc2)CC1. The van der Waals surface area contributed by atoms with Crippen molar-refractivity contribution in [1.82, 2.24) is 14.2 Å². The van der Waals surface area contributed by atoms with Crippen molar-refractivity contribution in [3.63, 3.8) is 0 Å². The first-order valence-corrected chi connectivity index (χ1v) is 10.5. The number of sulfonamides is 1. The highest BCUT2D eigenvalue weighted by Gasteiger charge is 2.29. The van der Waals surface area contributed by atoms with Gasteiger partial charge in [0, 0.05) is 37.9 Å². The van der Waals surface area contributed by atoms with Gasteiger partial charge in [-0.15, -0.1) is 0 Å². The molecule has 1 aromatic heterocycles. The fourth-order valence-corrected chi connectivity index (χ4v) is 4.49. The van der Waals surface area contributed by atoms with Crippen molar-refractivity contribution in [2.75, 3.05) is 32.8 Å². The molecule has 7 nitrogen and oxygen atoms in total. The predicted octanol–water partition coefficient (Wildman–Crippen LogP) is 2.17. The van der Waals surface area contributed by atoms with Crippen LogP contribution in [0.1, 0.15) is 6.92 Å². The number of carbonyl (C=O) groups is 1. The van der Waals surface area contributed by atoms with Gasteiger partial charge in [-0.05, 0) is 36.8 Å². The maximum Gasteiger partial charge on any atom is 0.246 e. The third-order valence-corrected chi connectivity index (χ3v) is 6.49. The van der Waals surface area contributed by atoms with Crippen molar-refractivity contribution < 1.29 is 17.9 Å². The summed E-state index contributed by atoms with van der Waals surface area (Å²) in [6.07, 6.45) is 4.60. The van der Waals surface area contributed by atoms with Crippen LogP contribution < -0.4 is 4.74 Å². The number of amides is 1. The van der Waals surface area contributed by atoms with Crippen LogP contribution in [0.15, 0.2) is 60.3 Å². The van der Waals surface area contributed by atoms with Gasteiger partial charge >= 0.3 is 0 Å². The first kappa shape index (κ1) is 20.0. The number of hydrogen-bond acceptors (Lipinski definition) is 5. The molecule has 1 amide bonds. The Kier molecular flexibility index (Phi) is 6.11. The van der Waals surface area contributed by atoms with E-state index in [-0.39, 0.29) is 23.9 Å². The molecule has 0 bridgehead atoms. The van der Waals surface area contributed by atoms with Gasteiger partial charge in [-0.2, -0.15) is 4.31 Å². The highest BCUT2D eigenvalue weighted by atomic mass is 32.2. The normalized spacial score (nSPS) is 15.2. The average Bonchev–Trinajstić information content (AvgIpc) is 2.74. The molecule has 148 valence electrons. The number of piperazine rings is 1. The summed E-state index contributed by atoms with van der Waals surface area (Å²) in [5, 5.41) is 0. The van der Waals surface area contributed by atoms with E-state index < -0.39 is 10.0 Å². The summed E-state index contributed by atoms with van der Waals surface area (Å²) in [6.45, 7) is 7.17. The zero-order chi connectivity index (χ0) is 20.1. The fourth-order valence-electron chi connectivity index (χ4n) is 3.07. The van der Waals surface area contributed by atoms with Crippen molar-refractivity contribution in [2.45, 2.75) is 11.8 Å². The summed E-state index contributed by atoms with van der Waals surface area (Å²) >= 11 is 0. The lowest BCUT2D eigenvalue weighted by Gasteiger charge is -2.33. The Morgan fingerprint density at radius 2 is 1.82 bits per heavy atom. The first-order chi connectivity index (χ1) is 13.5. The van der Waals surface area contributed by atoms with Gasteiger partial charge in [0.25, 0.3) is 0 Å². The van der Waals surface area contributed by atoms with E-state index in [9.17, 15) is 13.2 Å². The summed E-state index contributed by atoms with van der Waals surface area (Å²) in [6, 6.07) is 8.59. The molecule has 2 heterocycles. The highest BCUT2D eigenvalue weighted by molar-refractivity contribution is 7.89. The minimum absolute atomic E-state index is 0.177. The second-order valence-electron chi connectivity index (χ2n) is 6.30. The number of hydrogen-bond donors (Lipinski definition) is 0. The molecular formula is C20H23N3O4S. The molecule has 0 aliphatic carbocycles. The standard InChI is InChI=1S/C20H23N3O4S/c1-3-20(24)22-9-11-23(12-10-22)28(25,26)19-7-5-16(6-8-19)17-13-18(27-4-2)15-21-14-17/h3,5-8,13-15H,1,4,9-12H2,2H3. The van der Waals surface area contributed by atoms with E-state index in [1.165, 1.54) is 10.4 Å². The number of carbonyl (C=O) groups excluding carboxylic acids is 1. The van der Waals surface area contributed by atoms with Crippen LogP contribution in [0.2, 0.25) is 0 Å². The Balaban J connectivity index is 1.75. The van der Waals surface area contributed by atoms with Crippen LogP contribution in [0.4, 0.5) is 0 Å². The van der Waals surface area contributed by atoms with Gasteiger partial charge in [-0.25, -0.2) is 8.42 Å². The molecule has 28 heavy (non-hydrogen) atoms. The maximum absolute atomic E-state index is 12.9. The Labute approximate surface area is 165 Å². The van der Waals surface area contributed by atoms with Crippen molar-refractivity contribution in [2.24, 2.45) is 0 Å². The smallest absolute Gasteiger partial charge is 0.246 e. The van der Waals surface area contributed by atoms with Gasteiger partial charge in [0.05, 0.1) is 17.7 Å². The number of benzene rings is 1. The van der Waals surface area contributed by atoms with Crippen LogP contribution in [0.5, 0.6) is 5.75 Å².